The Labute approximate surface area is 196 Å². The van der Waals surface area contributed by atoms with Crippen LogP contribution in [0.25, 0.3) is 11.7 Å². The van der Waals surface area contributed by atoms with Crippen molar-refractivity contribution in [3.05, 3.63) is 45.2 Å². The van der Waals surface area contributed by atoms with E-state index < -0.39 is 15.9 Å². The molecule has 0 bridgehead atoms. The third-order valence-electron chi connectivity index (χ3n) is 5.51. The average Bonchev–Trinajstić information content (AvgIpc) is 3.25. The van der Waals surface area contributed by atoms with E-state index in [0.717, 1.165) is 31.0 Å². The summed E-state index contributed by atoms with van der Waals surface area (Å²) < 4.78 is 25.5. The lowest BCUT2D eigenvalue weighted by molar-refractivity contribution is -0.123. The molecule has 1 unspecified atom stereocenters. The molecule has 0 aliphatic carbocycles. The second kappa shape index (κ2) is 9.32. The molecule has 0 saturated carbocycles. The minimum absolute atomic E-state index is 0.0511. The third-order valence-corrected chi connectivity index (χ3v) is 8.60. The molecule has 0 aromatic carbocycles. The van der Waals surface area contributed by atoms with Crippen LogP contribution in [-0.2, 0) is 14.6 Å². The molecule has 2 saturated heterocycles. The van der Waals surface area contributed by atoms with Gasteiger partial charge in [0.25, 0.3) is 11.5 Å². The quantitative estimate of drug-likeness (QED) is 0.358. The Morgan fingerprint density at radius 1 is 1.31 bits per heavy atom. The van der Waals surface area contributed by atoms with Crippen molar-refractivity contribution >= 4 is 61.6 Å². The molecule has 170 valence electrons. The number of thioether (sulfide) groups is 1. The summed E-state index contributed by atoms with van der Waals surface area (Å²) in [6, 6.07) is 4.85. The van der Waals surface area contributed by atoms with Gasteiger partial charge in [0.1, 0.15) is 15.8 Å². The molecule has 0 radical (unpaired) electrons. The number of carbonyl (C=O) groups is 1. The number of hydrogen-bond acceptors (Lipinski definition) is 8. The van der Waals surface area contributed by atoms with Crippen LogP contribution in [0.2, 0.25) is 0 Å². The van der Waals surface area contributed by atoms with Gasteiger partial charge in [-0.1, -0.05) is 49.8 Å². The first-order valence-corrected chi connectivity index (χ1v) is 13.6. The Bertz CT molecular complexity index is 1270. The summed E-state index contributed by atoms with van der Waals surface area (Å²) in [5, 5.41) is 3.24. The zero-order valence-electron chi connectivity index (χ0n) is 17.6. The van der Waals surface area contributed by atoms with Crippen molar-refractivity contribution in [2.45, 2.75) is 38.6 Å². The summed E-state index contributed by atoms with van der Waals surface area (Å²) in [7, 11) is -3.16. The summed E-state index contributed by atoms with van der Waals surface area (Å²) in [6.45, 7) is 2.77. The van der Waals surface area contributed by atoms with Gasteiger partial charge < -0.3 is 5.32 Å². The molecular weight excluding hydrogens is 468 g/mol. The normalized spacial score (nSPS) is 21.7. The van der Waals surface area contributed by atoms with Crippen molar-refractivity contribution in [2.24, 2.45) is 0 Å². The number of hydrogen-bond donors (Lipinski definition) is 1. The highest BCUT2D eigenvalue weighted by molar-refractivity contribution is 8.26. The maximum Gasteiger partial charge on any atom is 0.267 e. The number of anilines is 1. The number of unbranched alkanes of at least 4 members (excludes halogenated alkanes) is 2. The number of nitrogens with zero attached hydrogens (tertiary/aromatic N) is 3. The summed E-state index contributed by atoms with van der Waals surface area (Å²) >= 11 is 6.47. The van der Waals surface area contributed by atoms with Gasteiger partial charge >= 0.3 is 0 Å². The van der Waals surface area contributed by atoms with E-state index >= 15 is 0 Å². The van der Waals surface area contributed by atoms with Crippen molar-refractivity contribution < 1.29 is 13.2 Å². The molecule has 2 aromatic heterocycles. The largest absolute Gasteiger partial charge is 0.369 e. The smallest absolute Gasteiger partial charge is 0.267 e. The van der Waals surface area contributed by atoms with Crippen molar-refractivity contribution in [3.63, 3.8) is 0 Å². The first-order valence-electron chi connectivity index (χ1n) is 10.5. The van der Waals surface area contributed by atoms with Crippen molar-refractivity contribution in [1.82, 2.24) is 14.3 Å². The van der Waals surface area contributed by atoms with Crippen LogP contribution in [0.5, 0.6) is 0 Å². The van der Waals surface area contributed by atoms with Crippen LogP contribution >= 0.6 is 24.0 Å². The Kier molecular flexibility index (Phi) is 6.68. The highest BCUT2D eigenvalue weighted by Crippen LogP contribution is 2.36. The molecule has 32 heavy (non-hydrogen) atoms. The molecule has 2 aliphatic heterocycles. The molecule has 4 heterocycles. The van der Waals surface area contributed by atoms with E-state index in [0.29, 0.717) is 33.7 Å². The van der Waals surface area contributed by atoms with Crippen LogP contribution in [0, 0.1) is 0 Å². The average molecular weight is 493 g/mol. The number of nitrogens with one attached hydrogen (secondary N) is 1. The van der Waals surface area contributed by atoms with Crippen LogP contribution in [0.4, 0.5) is 5.82 Å². The molecule has 1 N–H and O–H groups in total. The zero-order chi connectivity index (χ0) is 22.9. The monoisotopic (exact) mass is 492 g/mol. The number of pyridine rings is 1. The van der Waals surface area contributed by atoms with Gasteiger partial charge in [-0.2, -0.15) is 0 Å². The predicted molar refractivity (Wildman–Crippen MR) is 132 cm³/mol. The summed E-state index contributed by atoms with van der Waals surface area (Å²) in [5.41, 5.74) is 0.503. The van der Waals surface area contributed by atoms with E-state index in [9.17, 15) is 18.0 Å². The SMILES string of the molecule is CCCCCNc1nc2ccccn2c(=O)c1C=C1SC(=S)N(C2CCS(=O)(=O)C2)C1=O. The standard InChI is InChI=1S/C21H24N4O4S3/c1-2-3-5-9-22-18-15(19(26)24-10-6-4-7-17(24)23-18)12-16-20(27)25(21(30)31-16)14-8-11-32(28,29)13-14/h4,6-7,10,12,14,22H,2-3,5,8-9,11,13H2,1H3. The molecule has 1 amide bonds. The van der Waals surface area contributed by atoms with Crippen LogP contribution in [0.3, 0.4) is 0 Å². The van der Waals surface area contributed by atoms with Gasteiger partial charge in [-0.25, -0.2) is 13.4 Å². The number of fused-ring (bicyclic) bond motifs is 1. The van der Waals surface area contributed by atoms with Crippen LogP contribution in [-0.4, -0.2) is 57.0 Å². The number of aromatic nitrogens is 2. The van der Waals surface area contributed by atoms with Crippen LogP contribution in [0.1, 0.15) is 38.2 Å². The fourth-order valence-corrected chi connectivity index (χ4v) is 6.94. The molecule has 2 aromatic rings. The second-order valence-corrected chi connectivity index (χ2v) is 11.8. The van der Waals surface area contributed by atoms with Crippen molar-refractivity contribution in [2.75, 3.05) is 23.4 Å². The first-order chi connectivity index (χ1) is 15.3. The lowest BCUT2D eigenvalue weighted by Crippen LogP contribution is -2.39. The topological polar surface area (TPSA) is 101 Å². The van der Waals surface area contributed by atoms with Gasteiger partial charge in [-0.05, 0) is 31.1 Å². The highest BCUT2D eigenvalue weighted by Gasteiger charge is 2.42. The van der Waals surface area contributed by atoms with Gasteiger partial charge in [0.2, 0.25) is 0 Å². The van der Waals surface area contributed by atoms with Gasteiger partial charge in [0, 0.05) is 12.7 Å². The Hall–Kier alpha value is -2.24. The molecule has 1 atom stereocenters. The van der Waals surface area contributed by atoms with Crippen molar-refractivity contribution in [3.8, 4) is 0 Å². The van der Waals surface area contributed by atoms with E-state index in [2.05, 4.69) is 17.2 Å². The summed E-state index contributed by atoms with van der Waals surface area (Å²) in [6.07, 6.45) is 6.59. The Morgan fingerprint density at radius 2 is 2.12 bits per heavy atom. The van der Waals surface area contributed by atoms with Gasteiger partial charge in [0.05, 0.1) is 28.0 Å². The van der Waals surface area contributed by atoms with Crippen LogP contribution < -0.4 is 10.9 Å². The minimum atomic E-state index is -3.16. The number of thiocarbonyl (C=S) groups is 1. The van der Waals surface area contributed by atoms with E-state index in [1.165, 1.54) is 15.4 Å². The molecule has 2 fully saturated rings. The van der Waals surface area contributed by atoms with Crippen LogP contribution in [0.15, 0.2) is 34.1 Å². The maximum atomic E-state index is 13.2. The number of amides is 1. The number of rotatable bonds is 7. The molecule has 8 nitrogen and oxygen atoms in total. The van der Waals surface area contributed by atoms with Crippen molar-refractivity contribution in [1.29, 1.82) is 0 Å². The molecule has 11 heteroatoms. The van der Waals surface area contributed by atoms with E-state index in [-0.39, 0.29) is 28.5 Å². The fourth-order valence-electron chi connectivity index (χ4n) is 3.85. The lowest BCUT2D eigenvalue weighted by atomic mass is 10.2. The summed E-state index contributed by atoms with van der Waals surface area (Å²) in [4.78, 5) is 32.6. The van der Waals surface area contributed by atoms with Gasteiger partial charge in [-0.3, -0.25) is 18.9 Å². The molecule has 0 spiro atoms. The number of sulfone groups is 1. The van der Waals surface area contributed by atoms with E-state index in [1.807, 2.05) is 6.07 Å². The second-order valence-electron chi connectivity index (χ2n) is 7.85. The Balaban J connectivity index is 1.70. The maximum absolute atomic E-state index is 13.2. The number of carbonyl (C=O) groups excluding carboxylic acids is 1. The lowest BCUT2D eigenvalue weighted by Gasteiger charge is -2.20. The third kappa shape index (κ3) is 4.60. The van der Waals surface area contributed by atoms with Gasteiger partial charge in [-0.15, -0.1) is 0 Å². The molecule has 4 rings (SSSR count). The van der Waals surface area contributed by atoms with E-state index in [4.69, 9.17) is 12.2 Å². The van der Waals surface area contributed by atoms with Gasteiger partial charge in [0.15, 0.2) is 9.84 Å². The molecular formula is C21H24N4O4S3. The highest BCUT2D eigenvalue weighted by atomic mass is 32.2. The minimum Gasteiger partial charge on any atom is -0.369 e. The summed E-state index contributed by atoms with van der Waals surface area (Å²) in [5.74, 6) is 0.0229. The predicted octanol–water partition coefficient (Wildman–Crippen LogP) is 2.68. The van der Waals surface area contributed by atoms with E-state index in [1.54, 1.807) is 18.3 Å². The first kappa shape index (κ1) is 22.9. The fraction of sp³-hybridized carbons (Fsp3) is 0.429. The Morgan fingerprint density at radius 3 is 2.84 bits per heavy atom. The zero-order valence-corrected chi connectivity index (χ0v) is 20.1. The molecule has 2 aliphatic rings.